The number of nitrogens with zero attached hydrogens (tertiary/aromatic N) is 1. The minimum Gasteiger partial charge on any atom is -0.380 e. The fourth-order valence-corrected chi connectivity index (χ4v) is 3.90. The Balaban J connectivity index is 1.48. The van der Waals surface area contributed by atoms with Crippen LogP contribution >= 0.6 is 0 Å². The van der Waals surface area contributed by atoms with Crippen molar-refractivity contribution in [3.05, 3.63) is 113 Å². The normalized spacial score (nSPS) is 12.7. The van der Waals surface area contributed by atoms with Gasteiger partial charge in [0.15, 0.2) is 0 Å². The van der Waals surface area contributed by atoms with Crippen LogP contribution in [0.4, 0.5) is 5.69 Å². The second kappa shape index (κ2) is 8.00. The minimum absolute atomic E-state index is 0.359. The van der Waals surface area contributed by atoms with E-state index in [1.165, 1.54) is 0 Å². The van der Waals surface area contributed by atoms with E-state index in [0.29, 0.717) is 28.6 Å². The summed E-state index contributed by atoms with van der Waals surface area (Å²) < 4.78 is 0. The molecule has 0 unspecified atom stereocenters. The number of rotatable bonds is 5. The maximum absolute atomic E-state index is 13.1. The van der Waals surface area contributed by atoms with Gasteiger partial charge in [-0.25, -0.2) is 0 Å². The number of hydrogen-bond donors (Lipinski definition) is 2. The zero-order chi connectivity index (χ0) is 22.1. The summed E-state index contributed by atoms with van der Waals surface area (Å²) in [5.41, 5.74) is 5.51. The van der Waals surface area contributed by atoms with E-state index < -0.39 is 17.7 Å². The lowest BCUT2D eigenvalue weighted by Crippen LogP contribution is -2.51. The average Bonchev–Trinajstić information content (AvgIpc) is 2.85. The van der Waals surface area contributed by atoms with Gasteiger partial charge in [-0.2, -0.15) is 5.01 Å². The maximum atomic E-state index is 13.1. The molecule has 0 saturated heterocycles. The summed E-state index contributed by atoms with van der Waals surface area (Å²) in [6, 6.07) is 27.3. The second-order valence-corrected chi connectivity index (χ2v) is 7.48. The molecule has 3 amide bonds. The van der Waals surface area contributed by atoms with Gasteiger partial charge >= 0.3 is 0 Å². The molecule has 6 nitrogen and oxygen atoms in total. The lowest BCUT2D eigenvalue weighted by molar-refractivity contribution is 0.0479. The van der Waals surface area contributed by atoms with Crippen LogP contribution in [0.2, 0.25) is 0 Å². The van der Waals surface area contributed by atoms with Crippen LogP contribution in [0.15, 0.2) is 91.0 Å². The zero-order valence-electron chi connectivity index (χ0n) is 17.0. The predicted molar refractivity (Wildman–Crippen MR) is 122 cm³/mol. The van der Waals surface area contributed by atoms with Crippen LogP contribution in [0.25, 0.3) is 10.8 Å². The molecule has 2 N–H and O–H groups in total. The molecule has 1 aliphatic heterocycles. The molecule has 1 heterocycles. The van der Waals surface area contributed by atoms with E-state index >= 15 is 0 Å². The Morgan fingerprint density at radius 3 is 2.09 bits per heavy atom. The van der Waals surface area contributed by atoms with Crippen molar-refractivity contribution >= 4 is 34.2 Å². The van der Waals surface area contributed by atoms with E-state index in [-0.39, 0.29) is 0 Å². The number of amides is 3. The third-order valence-corrected chi connectivity index (χ3v) is 5.48. The van der Waals surface area contributed by atoms with Crippen molar-refractivity contribution < 1.29 is 14.4 Å². The Labute approximate surface area is 184 Å². The van der Waals surface area contributed by atoms with Crippen LogP contribution in [-0.2, 0) is 6.54 Å². The molecule has 32 heavy (non-hydrogen) atoms. The number of carbonyl (C=O) groups excluding carboxylic acids is 3. The molecule has 5 rings (SSSR count). The van der Waals surface area contributed by atoms with Gasteiger partial charge in [-0.05, 0) is 35.9 Å². The third kappa shape index (κ3) is 3.37. The SMILES string of the molecule is O=C(NN1C(=O)c2cccc3c(NCc4ccccc4)ccc(c23)C1=O)c1ccccc1. The first kappa shape index (κ1) is 19.5. The molecule has 0 saturated carbocycles. The van der Waals surface area contributed by atoms with Crippen molar-refractivity contribution in [2.24, 2.45) is 0 Å². The minimum atomic E-state index is -0.558. The van der Waals surface area contributed by atoms with Gasteiger partial charge in [0.2, 0.25) is 0 Å². The van der Waals surface area contributed by atoms with Crippen molar-refractivity contribution in [1.82, 2.24) is 10.4 Å². The van der Waals surface area contributed by atoms with Gasteiger partial charge in [-0.15, -0.1) is 0 Å². The van der Waals surface area contributed by atoms with E-state index in [4.69, 9.17) is 0 Å². The van der Waals surface area contributed by atoms with Crippen LogP contribution in [0, 0.1) is 0 Å². The highest BCUT2D eigenvalue weighted by atomic mass is 16.2. The highest BCUT2D eigenvalue weighted by Gasteiger charge is 2.34. The molecule has 0 radical (unpaired) electrons. The molecule has 4 aromatic carbocycles. The highest BCUT2D eigenvalue weighted by molar-refractivity contribution is 6.27. The fourth-order valence-electron chi connectivity index (χ4n) is 3.90. The summed E-state index contributed by atoms with van der Waals surface area (Å²) in [4.78, 5) is 38.8. The molecular formula is C26H19N3O3. The first-order valence-corrected chi connectivity index (χ1v) is 10.2. The second-order valence-electron chi connectivity index (χ2n) is 7.48. The zero-order valence-corrected chi connectivity index (χ0v) is 17.0. The van der Waals surface area contributed by atoms with Gasteiger partial charge in [-0.1, -0.05) is 60.7 Å². The molecule has 0 fully saturated rings. The predicted octanol–water partition coefficient (Wildman–Crippen LogP) is 4.39. The Morgan fingerprint density at radius 2 is 1.38 bits per heavy atom. The maximum Gasteiger partial charge on any atom is 0.280 e. The van der Waals surface area contributed by atoms with E-state index in [9.17, 15) is 14.4 Å². The number of hydrazine groups is 1. The van der Waals surface area contributed by atoms with Crippen LogP contribution in [0.3, 0.4) is 0 Å². The molecule has 4 aromatic rings. The Kier molecular flexibility index (Phi) is 4.88. The van der Waals surface area contributed by atoms with Crippen LogP contribution in [0.1, 0.15) is 36.6 Å². The molecule has 6 heteroatoms. The van der Waals surface area contributed by atoms with E-state index in [0.717, 1.165) is 21.6 Å². The first-order chi connectivity index (χ1) is 15.6. The summed E-state index contributed by atoms with van der Waals surface area (Å²) >= 11 is 0. The Hall–Kier alpha value is -4.45. The first-order valence-electron chi connectivity index (χ1n) is 10.2. The van der Waals surface area contributed by atoms with Crippen molar-refractivity contribution in [3.63, 3.8) is 0 Å². The number of nitrogens with one attached hydrogen (secondary N) is 2. The molecule has 0 aromatic heterocycles. The third-order valence-electron chi connectivity index (χ3n) is 5.48. The smallest absolute Gasteiger partial charge is 0.280 e. The fraction of sp³-hybridized carbons (Fsp3) is 0.0385. The number of carbonyl (C=O) groups is 3. The van der Waals surface area contributed by atoms with Crippen LogP contribution in [-0.4, -0.2) is 22.7 Å². The van der Waals surface area contributed by atoms with E-state index in [1.54, 1.807) is 48.5 Å². The number of anilines is 1. The van der Waals surface area contributed by atoms with Crippen LogP contribution < -0.4 is 10.7 Å². The molecular weight excluding hydrogens is 402 g/mol. The van der Waals surface area contributed by atoms with Gasteiger partial charge in [0, 0.05) is 28.6 Å². The molecule has 0 aliphatic carbocycles. The lowest BCUT2D eigenvalue weighted by atomic mass is 9.93. The monoisotopic (exact) mass is 421 g/mol. The molecule has 156 valence electrons. The van der Waals surface area contributed by atoms with Gasteiger partial charge in [0.05, 0.1) is 11.1 Å². The highest BCUT2D eigenvalue weighted by Crippen LogP contribution is 2.34. The van der Waals surface area contributed by atoms with E-state index in [2.05, 4.69) is 10.7 Å². The standard InChI is InChI=1S/C26H19N3O3/c30-24(18-10-5-2-6-11-18)28-29-25(31)20-13-7-12-19-22(15-14-21(23(19)20)26(29)32)27-16-17-8-3-1-4-9-17/h1-15,27H,16H2,(H,28,30). The van der Waals surface area contributed by atoms with Crippen molar-refractivity contribution in [2.75, 3.05) is 5.32 Å². The van der Waals surface area contributed by atoms with Gasteiger partial charge in [-0.3, -0.25) is 19.8 Å². The van der Waals surface area contributed by atoms with Crippen molar-refractivity contribution in [3.8, 4) is 0 Å². The van der Waals surface area contributed by atoms with Crippen molar-refractivity contribution in [1.29, 1.82) is 0 Å². The average molecular weight is 421 g/mol. The summed E-state index contributed by atoms with van der Waals surface area (Å²) in [6.07, 6.45) is 0. The van der Waals surface area contributed by atoms with Gasteiger partial charge < -0.3 is 5.32 Å². The summed E-state index contributed by atoms with van der Waals surface area (Å²) in [5, 5.41) is 5.56. The largest absolute Gasteiger partial charge is 0.380 e. The molecule has 0 bridgehead atoms. The summed E-state index contributed by atoms with van der Waals surface area (Å²) in [6.45, 7) is 0.612. The molecule has 1 aliphatic rings. The Bertz CT molecular complexity index is 1330. The van der Waals surface area contributed by atoms with Gasteiger partial charge in [0.25, 0.3) is 17.7 Å². The van der Waals surface area contributed by atoms with Crippen LogP contribution in [0.5, 0.6) is 0 Å². The summed E-state index contributed by atoms with van der Waals surface area (Å²) in [7, 11) is 0. The number of hydrogen-bond acceptors (Lipinski definition) is 4. The summed E-state index contributed by atoms with van der Waals surface area (Å²) in [5.74, 6) is -1.64. The quantitative estimate of drug-likeness (QED) is 0.469. The topological polar surface area (TPSA) is 78.5 Å². The van der Waals surface area contributed by atoms with Gasteiger partial charge in [0.1, 0.15) is 0 Å². The number of imide groups is 1. The molecule has 0 atom stereocenters. The number of benzene rings is 4. The Morgan fingerprint density at radius 1 is 0.719 bits per heavy atom. The van der Waals surface area contributed by atoms with E-state index in [1.807, 2.05) is 42.5 Å². The molecule has 0 spiro atoms. The lowest BCUT2D eigenvalue weighted by Gasteiger charge is -2.27. The van der Waals surface area contributed by atoms with Crippen molar-refractivity contribution in [2.45, 2.75) is 6.54 Å².